The molecule has 0 aromatic heterocycles. The summed E-state index contributed by atoms with van der Waals surface area (Å²) in [7, 11) is 4.00. The zero-order valence-corrected chi connectivity index (χ0v) is 21.8. The van der Waals surface area contributed by atoms with Crippen LogP contribution in [-0.4, -0.2) is 39.6 Å². The number of hydrogen-bond donors (Lipinski definition) is 2. The number of likely N-dealkylation sites (N-methyl/N-ethyl adjacent to an activating group) is 2. The summed E-state index contributed by atoms with van der Waals surface area (Å²) in [6, 6.07) is 9.03. The van der Waals surface area contributed by atoms with Gasteiger partial charge < -0.3 is 10.6 Å². The van der Waals surface area contributed by atoms with Crippen molar-refractivity contribution in [3.8, 4) is 0 Å². The summed E-state index contributed by atoms with van der Waals surface area (Å²) < 4.78 is 0. The van der Waals surface area contributed by atoms with E-state index in [1.165, 1.54) is 33.4 Å². The molecule has 0 atom stereocenters. The van der Waals surface area contributed by atoms with E-state index < -0.39 is 0 Å². The summed E-state index contributed by atoms with van der Waals surface area (Å²) in [5.41, 5.74) is 9.65. The van der Waals surface area contributed by atoms with Crippen molar-refractivity contribution in [2.24, 2.45) is 9.98 Å². The lowest BCUT2D eigenvalue weighted by atomic mass is 9.82. The first-order chi connectivity index (χ1) is 14.9. The van der Waals surface area contributed by atoms with E-state index in [0.29, 0.717) is 0 Å². The molecule has 2 aromatic carbocycles. The van der Waals surface area contributed by atoms with Crippen LogP contribution in [0.4, 0.5) is 11.4 Å². The third-order valence-corrected chi connectivity index (χ3v) is 6.26. The molecule has 0 amide bonds. The van der Waals surface area contributed by atoms with Gasteiger partial charge in [0.05, 0.1) is 11.4 Å². The van der Waals surface area contributed by atoms with Gasteiger partial charge in [-0.1, -0.05) is 52.0 Å². The lowest BCUT2D eigenvalue weighted by Gasteiger charge is -2.26. The Morgan fingerprint density at radius 1 is 0.625 bits per heavy atom. The third-order valence-electron chi connectivity index (χ3n) is 6.26. The van der Waals surface area contributed by atoms with Gasteiger partial charge >= 0.3 is 0 Å². The van der Waals surface area contributed by atoms with Crippen LogP contribution in [0.5, 0.6) is 0 Å². The van der Waals surface area contributed by atoms with Gasteiger partial charge in [-0.3, -0.25) is 9.98 Å². The molecule has 0 aliphatic heterocycles. The van der Waals surface area contributed by atoms with E-state index >= 15 is 0 Å². The van der Waals surface area contributed by atoms with Crippen molar-refractivity contribution >= 4 is 23.8 Å². The van der Waals surface area contributed by atoms with Crippen molar-refractivity contribution in [2.75, 3.05) is 27.2 Å². The Morgan fingerprint density at radius 3 is 1.16 bits per heavy atom. The number of aryl methyl sites for hydroxylation is 4. The van der Waals surface area contributed by atoms with E-state index in [-0.39, 0.29) is 10.8 Å². The summed E-state index contributed by atoms with van der Waals surface area (Å²) in [6.07, 6.45) is 3.62. The summed E-state index contributed by atoms with van der Waals surface area (Å²) in [4.78, 5) is 9.46. The summed E-state index contributed by atoms with van der Waals surface area (Å²) in [6.45, 7) is 19.5. The number of aliphatic imine (C=N–C) groups is 2. The maximum atomic E-state index is 4.73. The Morgan fingerprint density at radius 2 is 0.906 bits per heavy atom. The molecule has 0 spiro atoms. The van der Waals surface area contributed by atoms with Crippen molar-refractivity contribution in [3.05, 3.63) is 57.6 Å². The average Bonchev–Trinajstić information content (AvgIpc) is 2.68. The van der Waals surface area contributed by atoms with Crippen molar-refractivity contribution in [1.82, 2.24) is 10.6 Å². The maximum absolute atomic E-state index is 4.73. The highest BCUT2D eigenvalue weighted by Gasteiger charge is 2.22. The number of rotatable bonds is 9. The minimum Gasteiger partial charge on any atom is -0.319 e. The van der Waals surface area contributed by atoms with Crippen LogP contribution >= 0.6 is 0 Å². The quantitative estimate of drug-likeness (QED) is 0.474. The Bertz CT molecular complexity index is 869. The van der Waals surface area contributed by atoms with Gasteiger partial charge in [-0.25, -0.2) is 0 Å². The first kappa shape index (κ1) is 26.0. The van der Waals surface area contributed by atoms with Crippen LogP contribution in [-0.2, 0) is 10.8 Å². The maximum Gasteiger partial charge on any atom is 0.0688 e. The molecule has 2 rings (SSSR count). The SMILES string of the molecule is CNCC(C)(C)c1cc(C)c(N=CC=Nc2c(C)cc(C(C)(C)CNC)cc2C)c(C)c1. The van der Waals surface area contributed by atoms with Gasteiger partial charge in [-0.2, -0.15) is 0 Å². The highest BCUT2D eigenvalue weighted by molar-refractivity contribution is 6.17. The molecule has 2 N–H and O–H groups in total. The van der Waals surface area contributed by atoms with Crippen LogP contribution in [0.3, 0.4) is 0 Å². The van der Waals surface area contributed by atoms with E-state index in [1.807, 2.05) is 26.5 Å². The van der Waals surface area contributed by atoms with Gasteiger partial charge in [0.2, 0.25) is 0 Å². The first-order valence-corrected chi connectivity index (χ1v) is 11.5. The van der Waals surface area contributed by atoms with Crippen molar-refractivity contribution < 1.29 is 0 Å². The molecule has 0 saturated carbocycles. The van der Waals surface area contributed by atoms with Crippen LogP contribution in [0, 0.1) is 27.7 Å². The summed E-state index contributed by atoms with van der Waals surface area (Å²) in [5.74, 6) is 0. The highest BCUT2D eigenvalue weighted by atomic mass is 14.8. The summed E-state index contributed by atoms with van der Waals surface area (Å²) in [5, 5.41) is 6.59. The Labute approximate surface area is 195 Å². The second-order valence-corrected chi connectivity index (χ2v) is 10.3. The highest BCUT2D eigenvalue weighted by Crippen LogP contribution is 2.32. The van der Waals surface area contributed by atoms with Crippen LogP contribution in [0.15, 0.2) is 34.3 Å². The monoisotopic (exact) mass is 434 g/mol. The van der Waals surface area contributed by atoms with Gasteiger partial charge in [-0.05, 0) is 75.2 Å². The molecule has 0 radical (unpaired) electrons. The minimum atomic E-state index is 0.0803. The molecule has 0 fully saturated rings. The Hall–Kier alpha value is -2.30. The zero-order valence-electron chi connectivity index (χ0n) is 21.8. The lowest BCUT2D eigenvalue weighted by Crippen LogP contribution is -2.30. The molecule has 0 aliphatic rings. The van der Waals surface area contributed by atoms with E-state index in [4.69, 9.17) is 9.98 Å². The lowest BCUT2D eigenvalue weighted by molar-refractivity contribution is 0.493. The molecular formula is C28H42N4. The molecule has 0 unspecified atom stereocenters. The molecule has 0 saturated heterocycles. The van der Waals surface area contributed by atoms with Crippen LogP contribution in [0.2, 0.25) is 0 Å². The van der Waals surface area contributed by atoms with Gasteiger partial charge in [0, 0.05) is 36.3 Å². The van der Waals surface area contributed by atoms with Crippen LogP contribution in [0.1, 0.15) is 61.1 Å². The van der Waals surface area contributed by atoms with E-state index in [0.717, 1.165) is 24.5 Å². The second-order valence-electron chi connectivity index (χ2n) is 10.3. The van der Waals surface area contributed by atoms with E-state index in [9.17, 15) is 0 Å². The minimum absolute atomic E-state index is 0.0803. The number of nitrogens with one attached hydrogen (secondary N) is 2. The fourth-order valence-corrected chi connectivity index (χ4v) is 4.40. The molecule has 32 heavy (non-hydrogen) atoms. The normalized spacial score (nSPS) is 12.9. The van der Waals surface area contributed by atoms with Crippen molar-refractivity contribution in [3.63, 3.8) is 0 Å². The van der Waals surface area contributed by atoms with Crippen molar-refractivity contribution in [2.45, 2.75) is 66.2 Å². The molecule has 0 aliphatic carbocycles. The number of nitrogens with zero attached hydrogens (tertiary/aromatic N) is 2. The Balaban J connectivity index is 2.26. The standard InChI is InChI=1S/C28H42N4/c1-19-13-23(27(5,6)17-29-9)14-20(2)25(19)31-11-12-32-26-21(3)15-24(16-22(26)4)28(7,8)18-30-10/h11-16,29-30H,17-18H2,1-10H3. The molecule has 2 aromatic rings. The van der Waals surface area contributed by atoms with Gasteiger partial charge in [0.1, 0.15) is 0 Å². The number of benzene rings is 2. The van der Waals surface area contributed by atoms with E-state index in [1.54, 1.807) is 0 Å². The second kappa shape index (κ2) is 10.5. The predicted molar refractivity (Wildman–Crippen MR) is 142 cm³/mol. The predicted octanol–water partition coefficient (Wildman–Crippen LogP) is 6.02. The Kier molecular flexibility index (Phi) is 8.55. The van der Waals surface area contributed by atoms with Crippen LogP contribution in [0.25, 0.3) is 0 Å². The first-order valence-electron chi connectivity index (χ1n) is 11.5. The molecular weight excluding hydrogens is 392 g/mol. The van der Waals surface area contributed by atoms with Crippen LogP contribution < -0.4 is 10.6 Å². The fourth-order valence-electron chi connectivity index (χ4n) is 4.40. The molecule has 4 heteroatoms. The van der Waals surface area contributed by atoms with Crippen molar-refractivity contribution in [1.29, 1.82) is 0 Å². The molecule has 0 heterocycles. The summed E-state index contributed by atoms with van der Waals surface area (Å²) >= 11 is 0. The average molecular weight is 435 g/mol. The smallest absolute Gasteiger partial charge is 0.0688 e. The molecule has 174 valence electrons. The molecule has 0 bridgehead atoms. The fraction of sp³-hybridized carbons (Fsp3) is 0.500. The zero-order chi connectivity index (χ0) is 24.1. The topological polar surface area (TPSA) is 48.8 Å². The van der Waals surface area contributed by atoms with Gasteiger partial charge in [0.25, 0.3) is 0 Å². The largest absolute Gasteiger partial charge is 0.319 e. The van der Waals surface area contributed by atoms with Gasteiger partial charge in [0.15, 0.2) is 0 Å². The third kappa shape index (κ3) is 6.14. The number of hydrogen-bond acceptors (Lipinski definition) is 4. The van der Waals surface area contributed by atoms with E-state index in [2.05, 4.69) is 90.3 Å². The van der Waals surface area contributed by atoms with Gasteiger partial charge in [-0.15, -0.1) is 0 Å². The molecule has 4 nitrogen and oxygen atoms in total.